The topological polar surface area (TPSA) is 66.8 Å². The summed E-state index contributed by atoms with van der Waals surface area (Å²) in [7, 11) is 1.29. The number of carbonyl (C=O) groups excluding carboxylic acids is 1. The molecule has 0 aliphatic heterocycles. The zero-order valence-corrected chi connectivity index (χ0v) is 7.58. The highest BCUT2D eigenvalue weighted by Gasteiger charge is 1.99. The molecule has 0 heterocycles. The van der Waals surface area contributed by atoms with E-state index in [1.165, 1.54) is 30.4 Å². The van der Waals surface area contributed by atoms with Crippen LogP contribution in [-0.4, -0.2) is 41.8 Å². The molecule has 12 heavy (non-hydrogen) atoms. The van der Waals surface area contributed by atoms with Gasteiger partial charge in [0.1, 0.15) is 0 Å². The minimum atomic E-state index is -0.739. The lowest BCUT2D eigenvalue weighted by Gasteiger charge is -2.02. The third-order valence-corrected chi connectivity index (χ3v) is 1.91. The molecule has 0 bridgehead atoms. The Morgan fingerprint density at radius 1 is 1.75 bits per heavy atom. The van der Waals surface area contributed by atoms with E-state index in [4.69, 9.17) is 10.2 Å². The van der Waals surface area contributed by atoms with Gasteiger partial charge in [-0.1, -0.05) is 0 Å². The zero-order valence-electron chi connectivity index (χ0n) is 6.77. The number of methoxy groups -OCH3 is 1. The predicted molar refractivity (Wildman–Crippen MR) is 46.7 cm³/mol. The monoisotopic (exact) mass is 192 g/mol. The molecule has 2 N–H and O–H groups in total. The predicted octanol–water partition coefficient (Wildman–Crippen LogP) is -0.241. The molecule has 0 aromatic rings. The first-order valence-corrected chi connectivity index (χ1v) is 4.40. The highest BCUT2D eigenvalue weighted by atomic mass is 32.2. The fraction of sp³-hybridized carbons (Fsp3) is 0.571. The van der Waals surface area contributed by atoms with Gasteiger partial charge < -0.3 is 14.9 Å². The maximum absolute atomic E-state index is 10.5. The normalized spacial score (nSPS) is 13.2. The zero-order chi connectivity index (χ0) is 9.40. The van der Waals surface area contributed by atoms with Gasteiger partial charge in [-0.15, -0.1) is 11.8 Å². The minimum absolute atomic E-state index is 0.265. The van der Waals surface area contributed by atoms with Crippen molar-refractivity contribution in [1.82, 2.24) is 0 Å². The summed E-state index contributed by atoms with van der Waals surface area (Å²) in [6.45, 7) is -0.265. The van der Waals surface area contributed by atoms with E-state index in [1.807, 2.05) is 0 Å². The Labute approximate surface area is 75.2 Å². The molecule has 0 saturated carbocycles. The molecule has 0 spiro atoms. The van der Waals surface area contributed by atoms with Gasteiger partial charge in [-0.25, -0.2) is 4.79 Å². The first-order valence-electron chi connectivity index (χ1n) is 3.35. The molecule has 0 saturated heterocycles. The summed E-state index contributed by atoms with van der Waals surface area (Å²) < 4.78 is 4.33. The van der Waals surface area contributed by atoms with Gasteiger partial charge in [0.25, 0.3) is 0 Å². The van der Waals surface area contributed by atoms with E-state index in [2.05, 4.69) is 4.74 Å². The van der Waals surface area contributed by atoms with Gasteiger partial charge in [0.2, 0.25) is 0 Å². The molecule has 0 amide bonds. The number of ether oxygens (including phenoxy) is 1. The van der Waals surface area contributed by atoms with Crippen LogP contribution in [0.2, 0.25) is 0 Å². The van der Waals surface area contributed by atoms with Gasteiger partial charge in [-0.3, -0.25) is 0 Å². The number of rotatable bonds is 5. The van der Waals surface area contributed by atoms with E-state index in [0.717, 1.165) is 0 Å². The van der Waals surface area contributed by atoms with Gasteiger partial charge >= 0.3 is 5.97 Å². The Morgan fingerprint density at radius 3 is 2.92 bits per heavy atom. The molecular formula is C7H12O4S. The van der Waals surface area contributed by atoms with Crippen LogP contribution in [0.3, 0.4) is 0 Å². The van der Waals surface area contributed by atoms with Gasteiger partial charge in [-0.05, 0) is 5.41 Å². The summed E-state index contributed by atoms with van der Waals surface area (Å²) in [5.41, 5.74) is 0. The largest absolute Gasteiger partial charge is 0.466 e. The Bertz CT molecular complexity index is 157. The van der Waals surface area contributed by atoms with Gasteiger partial charge in [0.05, 0.1) is 19.8 Å². The van der Waals surface area contributed by atoms with Crippen molar-refractivity contribution in [1.29, 1.82) is 0 Å². The van der Waals surface area contributed by atoms with Gasteiger partial charge in [-0.2, -0.15) is 0 Å². The summed E-state index contributed by atoms with van der Waals surface area (Å²) in [4.78, 5) is 10.5. The second-order valence-electron chi connectivity index (χ2n) is 2.00. The first kappa shape index (κ1) is 11.5. The van der Waals surface area contributed by atoms with Crippen LogP contribution in [0.15, 0.2) is 11.5 Å². The molecule has 1 atom stereocenters. The second kappa shape index (κ2) is 7.15. The molecule has 0 fully saturated rings. The second-order valence-corrected chi connectivity index (χ2v) is 2.93. The molecule has 0 rings (SSSR count). The van der Waals surface area contributed by atoms with Crippen LogP contribution < -0.4 is 0 Å². The first-order chi connectivity index (χ1) is 5.70. The van der Waals surface area contributed by atoms with E-state index in [9.17, 15) is 4.79 Å². The summed E-state index contributed by atoms with van der Waals surface area (Å²) in [5, 5.41) is 18.8. The molecule has 0 aromatic carbocycles. The van der Waals surface area contributed by atoms with Crippen molar-refractivity contribution >= 4 is 17.7 Å². The summed E-state index contributed by atoms with van der Waals surface area (Å²) in [6.07, 6.45) is 0.520. The SMILES string of the molecule is COC(=O)C=CSCC(O)CO. The number of aliphatic hydroxyl groups excluding tert-OH is 2. The molecule has 0 aromatic heterocycles. The summed E-state index contributed by atoms with van der Waals surface area (Å²) in [6, 6.07) is 0. The average molecular weight is 192 g/mol. The maximum atomic E-state index is 10.5. The molecular weight excluding hydrogens is 180 g/mol. The van der Waals surface area contributed by atoms with Crippen molar-refractivity contribution < 1.29 is 19.7 Å². The quantitative estimate of drug-likeness (QED) is 0.465. The Kier molecular flexibility index (Phi) is 6.84. The van der Waals surface area contributed by atoms with Crippen LogP contribution in [-0.2, 0) is 9.53 Å². The van der Waals surface area contributed by atoms with E-state index in [-0.39, 0.29) is 6.61 Å². The molecule has 0 aliphatic rings. The van der Waals surface area contributed by atoms with Crippen LogP contribution in [0.1, 0.15) is 0 Å². The van der Waals surface area contributed by atoms with Crippen molar-refractivity contribution in [2.24, 2.45) is 0 Å². The third-order valence-electron chi connectivity index (χ3n) is 1.00. The molecule has 0 radical (unpaired) electrons. The fourth-order valence-corrected chi connectivity index (χ4v) is 1.04. The minimum Gasteiger partial charge on any atom is -0.466 e. The molecule has 4 nitrogen and oxygen atoms in total. The van der Waals surface area contributed by atoms with Crippen LogP contribution >= 0.6 is 11.8 Å². The van der Waals surface area contributed by atoms with Crippen LogP contribution in [0.25, 0.3) is 0 Å². The van der Waals surface area contributed by atoms with Crippen LogP contribution in [0.4, 0.5) is 0 Å². The van der Waals surface area contributed by atoms with Crippen LogP contribution in [0.5, 0.6) is 0 Å². The Balaban J connectivity index is 3.42. The lowest BCUT2D eigenvalue weighted by atomic mass is 10.4. The number of esters is 1. The third kappa shape index (κ3) is 6.21. The lowest BCUT2D eigenvalue weighted by Crippen LogP contribution is -2.14. The highest BCUT2D eigenvalue weighted by Crippen LogP contribution is 2.04. The standard InChI is InChI=1S/C7H12O4S/c1-11-7(10)2-3-12-5-6(9)4-8/h2-3,6,8-9H,4-5H2,1H3. The molecule has 5 heteroatoms. The van der Waals surface area contributed by atoms with E-state index >= 15 is 0 Å². The van der Waals surface area contributed by atoms with Crippen molar-refractivity contribution in [2.45, 2.75) is 6.10 Å². The smallest absolute Gasteiger partial charge is 0.330 e. The van der Waals surface area contributed by atoms with Crippen molar-refractivity contribution in [3.63, 3.8) is 0 Å². The van der Waals surface area contributed by atoms with Crippen molar-refractivity contribution in [3.05, 3.63) is 11.5 Å². The van der Waals surface area contributed by atoms with E-state index in [0.29, 0.717) is 5.75 Å². The number of hydrogen-bond donors (Lipinski definition) is 2. The number of thioether (sulfide) groups is 1. The number of aliphatic hydroxyl groups is 2. The summed E-state index contributed by atoms with van der Waals surface area (Å²) in [5.74, 6) is -0.0646. The number of hydrogen-bond acceptors (Lipinski definition) is 5. The van der Waals surface area contributed by atoms with Crippen molar-refractivity contribution in [3.8, 4) is 0 Å². The highest BCUT2D eigenvalue weighted by molar-refractivity contribution is 8.02. The molecule has 1 unspecified atom stereocenters. The Hall–Kier alpha value is -0.520. The van der Waals surface area contributed by atoms with E-state index < -0.39 is 12.1 Å². The van der Waals surface area contributed by atoms with Crippen molar-refractivity contribution in [2.75, 3.05) is 19.5 Å². The molecule has 0 aliphatic carbocycles. The lowest BCUT2D eigenvalue weighted by molar-refractivity contribution is -0.134. The van der Waals surface area contributed by atoms with E-state index in [1.54, 1.807) is 0 Å². The Morgan fingerprint density at radius 2 is 2.42 bits per heavy atom. The van der Waals surface area contributed by atoms with Crippen LogP contribution in [0, 0.1) is 0 Å². The molecule has 70 valence electrons. The maximum Gasteiger partial charge on any atom is 0.330 e. The average Bonchev–Trinajstić information content (AvgIpc) is 2.11. The van der Waals surface area contributed by atoms with Gasteiger partial charge in [0.15, 0.2) is 0 Å². The van der Waals surface area contributed by atoms with Gasteiger partial charge in [0, 0.05) is 11.8 Å². The fourth-order valence-electron chi connectivity index (χ4n) is 0.391. The summed E-state index contributed by atoms with van der Waals surface area (Å²) >= 11 is 1.24. The number of carbonyl (C=O) groups is 1.